The summed E-state index contributed by atoms with van der Waals surface area (Å²) in [6.07, 6.45) is 0. The van der Waals surface area contributed by atoms with E-state index in [1.807, 2.05) is 12.1 Å². The highest BCUT2D eigenvalue weighted by atomic mass is 79.9. The normalized spacial score (nSPS) is 17.2. The van der Waals surface area contributed by atoms with Gasteiger partial charge in [0.1, 0.15) is 5.82 Å². The molecule has 0 saturated carbocycles. The van der Waals surface area contributed by atoms with Gasteiger partial charge in [-0.05, 0) is 44.4 Å². The van der Waals surface area contributed by atoms with Gasteiger partial charge in [-0.25, -0.2) is 4.39 Å². The second kappa shape index (κ2) is 7.70. The second-order valence-corrected chi connectivity index (χ2v) is 6.52. The summed E-state index contributed by atoms with van der Waals surface area (Å²) in [5.41, 5.74) is 1.92. The molecule has 1 atom stereocenters. The Morgan fingerprint density at radius 1 is 1.24 bits per heavy atom. The maximum Gasteiger partial charge on any atom is 0.142 e. The largest absolute Gasteiger partial charge is 0.314 e. The van der Waals surface area contributed by atoms with Gasteiger partial charge in [0.25, 0.3) is 0 Å². The molecule has 0 amide bonds. The van der Waals surface area contributed by atoms with Gasteiger partial charge in [0, 0.05) is 31.7 Å². The number of benzene rings is 1. The molecule has 2 aromatic rings. The molecule has 0 radical (unpaired) electrons. The smallest absolute Gasteiger partial charge is 0.142 e. The molecule has 1 N–H and O–H groups in total. The van der Waals surface area contributed by atoms with Crippen LogP contribution in [0.15, 0.2) is 39.5 Å². The standard InChI is InChI=1S/C15H16BrFN2S.ClH/c16-13-3-1-2-12(14(13)17)15(11-4-9-20-10-11)19-7-5-18-6-8-19;/h1-4,9-10,15,18H,5-8H2;1H/t15-;/m1./s1. The highest BCUT2D eigenvalue weighted by molar-refractivity contribution is 9.10. The van der Waals surface area contributed by atoms with Crippen LogP contribution in [0.25, 0.3) is 0 Å². The van der Waals surface area contributed by atoms with Crippen molar-refractivity contribution in [3.05, 3.63) is 56.4 Å². The lowest BCUT2D eigenvalue weighted by molar-refractivity contribution is 0.195. The molecule has 3 rings (SSSR count). The lowest BCUT2D eigenvalue weighted by atomic mass is 9.98. The van der Waals surface area contributed by atoms with Crippen LogP contribution in [-0.4, -0.2) is 31.1 Å². The maximum absolute atomic E-state index is 14.5. The van der Waals surface area contributed by atoms with Crippen LogP contribution in [0, 0.1) is 5.82 Å². The summed E-state index contributed by atoms with van der Waals surface area (Å²) < 4.78 is 15.0. The zero-order chi connectivity index (χ0) is 13.9. The van der Waals surface area contributed by atoms with Gasteiger partial charge >= 0.3 is 0 Å². The average molecular weight is 392 g/mol. The summed E-state index contributed by atoms with van der Waals surface area (Å²) in [5, 5.41) is 7.52. The van der Waals surface area contributed by atoms with E-state index in [0.717, 1.165) is 31.7 Å². The molecule has 2 nitrogen and oxygen atoms in total. The van der Waals surface area contributed by atoms with E-state index in [-0.39, 0.29) is 24.3 Å². The van der Waals surface area contributed by atoms with E-state index in [0.29, 0.717) is 4.47 Å². The van der Waals surface area contributed by atoms with Crippen LogP contribution in [0.3, 0.4) is 0 Å². The monoisotopic (exact) mass is 390 g/mol. The number of piperazine rings is 1. The highest BCUT2D eigenvalue weighted by Crippen LogP contribution is 2.34. The lowest BCUT2D eigenvalue weighted by Crippen LogP contribution is -2.45. The van der Waals surface area contributed by atoms with Gasteiger partial charge in [-0.3, -0.25) is 4.90 Å². The number of nitrogens with one attached hydrogen (secondary N) is 1. The van der Waals surface area contributed by atoms with Crippen molar-refractivity contribution in [1.82, 2.24) is 10.2 Å². The minimum absolute atomic E-state index is 0. The zero-order valence-corrected chi connectivity index (χ0v) is 14.6. The first-order valence-corrected chi connectivity index (χ1v) is 8.41. The molecule has 2 heterocycles. The van der Waals surface area contributed by atoms with Crippen LogP contribution < -0.4 is 5.32 Å². The Labute approximate surface area is 142 Å². The van der Waals surface area contributed by atoms with Crippen molar-refractivity contribution in [2.24, 2.45) is 0 Å². The molecule has 1 fully saturated rings. The zero-order valence-electron chi connectivity index (χ0n) is 11.4. The molecule has 1 aliphatic rings. The highest BCUT2D eigenvalue weighted by Gasteiger charge is 2.27. The van der Waals surface area contributed by atoms with Gasteiger partial charge in [0.05, 0.1) is 10.5 Å². The number of hydrogen-bond acceptors (Lipinski definition) is 3. The Kier molecular flexibility index (Phi) is 6.20. The molecule has 0 aliphatic carbocycles. The van der Waals surface area contributed by atoms with E-state index in [1.165, 1.54) is 5.56 Å². The van der Waals surface area contributed by atoms with Crippen molar-refractivity contribution in [2.75, 3.05) is 26.2 Å². The summed E-state index contributed by atoms with van der Waals surface area (Å²) in [4.78, 5) is 2.35. The number of halogens is 3. The fourth-order valence-electron chi connectivity index (χ4n) is 2.69. The molecule has 1 aliphatic heterocycles. The Balaban J connectivity index is 0.00000161. The minimum atomic E-state index is -0.151. The fraction of sp³-hybridized carbons (Fsp3) is 0.333. The van der Waals surface area contributed by atoms with E-state index in [2.05, 4.69) is 43.0 Å². The van der Waals surface area contributed by atoms with Crippen LogP contribution in [0.4, 0.5) is 4.39 Å². The molecule has 1 saturated heterocycles. The summed E-state index contributed by atoms with van der Waals surface area (Å²) in [5.74, 6) is -0.151. The molecule has 1 aromatic heterocycles. The first-order chi connectivity index (χ1) is 9.77. The Morgan fingerprint density at radius 2 is 2.00 bits per heavy atom. The first-order valence-electron chi connectivity index (χ1n) is 6.68. The molecule has 21 heavy (non-hydrogen) atoms. The van der Waals surface area contributed by atoms with E-state index < -0.39 is 0 Å². The molecule has 0 unspecified atom stereocenters. The molecular formula is C15H17BrClFN2S. The summed E-state index contributed by atoms with van der Waals surface area (Å²) in [7, 11) is 0. The van der Waals surface area contributed by atoms with Crippen molar-refractivity contribution in [1.29, 1.82) is 0 Å². The van der Waals surface area contributed by atoms with Crippen LogP contribution in [0.5, 0.6) is 0 Å². The lowest BCUT2D eigenvalue weighted by Gasteiger charge is -2.35. The number of nitrogens with zero attached hydrogens (tertiary/aromatic N) is 1. The van der Waals surface area contributed by atoms with Crippen LogP contribution in [0.1, 0.15) is 17.2 Å². The van der Waals surface area contributed by atoms with Gasteiger partial charge in [0.2, 0.25) is 0 Å². The third-order valence-electron chi connectivity index (χ3n) is 3.65. The van der Waals surface area contributed by atoms with E-state index in [1.54, 1.807) is 17.4 Å². The number of thiophene rings is 1. The van der Waals surface area contributed by atoms with Gasteiger partial charge in [-0.15, -0.1) is 12.4 Å². The average Bonchev–Trinajstić information content (AvgIpc) is 2.99. The summed E-state index contributed by atoms with van der Waals surface area (Å²) >= 11 is 4.96. The SMILES string of the molecule is Cl.Fc1c(Br)cccc1[C@@H](c1ccsc1)N1CCNCC1. The van der Waals surface area contributed by atoms with Gasteiger partial charge < -0.3 is 5.32 Å². The Bertz CT molecular complexity index is 573. The van der Waals surface area contributed by atoms with Gasteiger partial charge in [-0.1, -0.05) is 12.1 Å². The molecular weight excluding hydrogens is 375 g/mol. The predicted molar refractivity (Wildman–Crippen MR) is 92.0 cm³/mol. The topological polar surface area (TPSA) is 15.3 Å². The van der Waals surface area contributed by atoms with Crippen molar-refractivity contribution < 1.29 is 4.39 Å². The fourth-order valence-corrected chi connectivity index (χ4v) is 3.75. The van der Waals surface area contributed by atoms with E-state index in [9.17, 15) is 4.39 Å². The molecule has 114 valence electrons. The molecule has 6 heteroatoms. The Morgan fingerprint density at radius 3 is 2.67 bits per heavy atom. The maximum atomic E-state index is 14.5. The van der Waals surface area contributed by atoms with Crippen molar-refractivity contribution in [3.8, 4) is 0 Å². The Hall–Kier alpha value is -0.460. The molecule has 0 spiro atoms. The van der Waals surface area contributed by atoms with Gasteiger partial charge in [0.15, 0.2) is 0 Å². The predicted octanol–water partition coefficient (Wildman–Crippen LogP) is 4.07. The van der Waals surface area contributed by atoms with Crippen LogP contribution in [0.2, 0.25) is 0 Å². The van der Waals surface area contributed by atoms with Gasteiger partial charge in [-0.2, -0.15) is 11.3 Å². The molecule has 0 bridgehead atoms. The van der Waals surface area contributed by atoms with E-state index in [4.69, 9.17) is 0 Å². The third-order valence-corrected chi connectivity index (χ3v) is 4.97. The van der Waals surface area contributed by atoms with Crippen molar-refractivity contribution in [2.45, 2.75) is 6.04 Å². The first kappa shape index (κ1) is 16.9. The number of rotatable bonds is 3. The molecule has 1 aromatic carbocycles. The second-order valence-electron chi connectivity index (χ2n) is 4.89. The third kappa shape index (κ3) is 3.66. The summed E-state index contributed by atoms with van der Waals surface area (Å²) in [6.45, 7) is 3.78. The van der Waals surface area contributed by atoms with Crippen LogP contribution >= 0.6 is 39.7 Å². The number of hydrogen-bond donors (Lipinski definition) is 1. The van der Waals surface area contributed by atoms with Crippen molar-refractivity contribution in [3.63, 3.8) is 0 Å². The van der Waals surface area contributed by atoms with Crippen LogP contribution in [-0.2, 0) is 0 Å². The summed E-state index contributed by atoms with van der Waals surface area (Å²) in [6, 6.07) is 7.65. The van der Waals surface area contributed by atoms with Crippen molar-refractivity contribution >= 4 is 39.7 Å². The minimum Gasteiger partial charge on any atom is -0.314 e. The van der Waals surface area contributed by atoms with E-state index >= 15 is 0 Å². The quantitative estimate of drug-likeness (QED) is 0.848.